The first kappa shape index (κ1) is 14.0. The summed E-state index contributed by atoms with van der Waals surface area (Å²) in [4.78, 5) is 21.1. The van der Waals surface area contributed by atoms with Gasteiger partial charge in [-0.15, -0.1) is 0 Å². The standard InChI is InChI=1S/C20H21N3O/c24-20-22(17-7-6-14-2-1-3-16(14)12-17)10-11-23(20)19-13-21-9-8-18(19)15-4-5-15/h6-9,12-13,15H,1-5,10-11H2. The molecule has 1 aromatic carbocycles. The number of hydrogen-bond donors (Lipinski definition) is 0. The van der Waals surface area contributed by atoms with Gasteiger partial charge in [-0.1, -0.05) is 6.07 Å². The number of aromatic nitrogens is 1. The summed E-state index contributed by atoms with van der Waals surface area (Å²) < 4.78 is 0. The number of benzene rings is 1. The lowest BCUT2D eigenvalue weighted by atomic mass is 10.1. The van der Waals surface area contributed by atoms with Crippen molar-refractivity contribution in [3.05, 3.63) is 53.3 Å². The van der Waals surface area contributed by atoms with Crippen molar-refractivity contribution in [1.82, 2.24) is 4.98 Å². The minimum Gasteiger partial charge on any atom is -0.292 e. The molecule has 1 saturated carbocycles. The minimum atomic E-state index is 0.0860. The third-order valence-electron chi connectivity index (χ3n) is 5.54. The van der Waals surface area contributed by atoms with Gasteiger partial charge in [0.2, 0.25) is 0 Å². The van der Waals surface area contributed by atoms with Crippen LogP contribution in [0.2, 0.25) is 0 Å². The van der Waals surface area contributed by atoms with Crippen LogP contribution in [0.15, 0.2) is 36.7 Å². The zero-order valence-electron chi connectivity index (χ0n) is 13.7. The van der Waals surface area contributed by atoms with E-state index < -0.39 is 0 Å². The smallest absolute Gasteiger partial charge is 0.292 e. The number of fused-ring (bicyclic) bond motifs is 1. The van der Waals surface area contributed by atoms with Crippen molar-refractivity contribution in [1.29, 1.82) is 0 Å². The highest BCUT2D eigenvalue weighted by molar-refractivity contribution is 6.06. The Morgan fingerprint density at radius 3 is 2.71 bits per heavy atom. The lowest BCUT2D eigenvalue weighted by Crippen LogP contribution is -2.32. The molecule has 24 heavy (non-hydrogen) atoms. The number of aryl methyl sites for hydroxylation is 2. The number of amides is 2. The summed E-state index contributed by atoms with van der Waals surface area (Å²) in [5, 5.41) is 0. The number of pyridine rings is 1. The van der Waals surface area contributed by atoms with Gasteiger partial charge >= 0.3 is 6.03 Å². The molecule has 1 aliphatic heterocycles. The van der Waals surface area contributed by atoms with Crippen LogP contribution in [-0.4, -0.2) is 24.1 Å². The monoisotopic (exact) mass is 319 g/mol. The highest BCUT2D eigenvalue weighted by atomic mass is 16.2. The molecule has 0 radical (unpaired) electrons. The number of nitrogens with zero attached hydrogens (tertiary/aromatic N) is 3. The lowest BCUT2D eigenvalue weighted by Gasteiger charge is -2.21. The molecular formula is C20H21N3O. The van der Waals surface area contributed by atoms with Crippen LogP contribution in [0.4, 0.5) is 16.2 Å². The molecule has 4 heteroatoms. The van der Waals surface area contributed by atoms with E-state index in [1.807, 2.05) is 22.2 Å². The second-order valence-corrected chi connectivity index (χ2v) is 7.10. The lowest BCUT2D eigenvalue weighted by molar-refractivity contribution is 0.256. The number of hydrogen-bond acceptors (Lipinski definition) is 2. The Morgan fingerprint density at radius 1 is 1.00 bits per heavy atom. The summed E-state index contributed by atoms with van der Waals surface area (Å²) >= 11 is 0. The van der Waals surface area contributed by atoms with Gasteiger partial charge in [0.15, 0.2) is 0 Å². The van der Waals surface area contributed by atoms with E-state index in [4.69, 9.17) is 0 Å². The Morgan fingerprint density at radius 2 is 1.83 bits per heavy atom. The van der Waals surface area contributed by atoms with Crippen LogP contribution in [0.1, 0.15) is 41.9 Å². The first-order chi connectivity index (χ1) is 11.8. The van der Waals surface area contributed by atoms with Gasteiger partial charge in [0.1, 0.15) is 0 Å². The summed E-state index contributed by atoms with van der Waals surface area (Å²) in [6, 6.07) is 8.69. The molecule has 2 aliphatic carbocycles. The van der Waals surface area contributed by atoms with Crippen LogP contribution >= 0.6 is 0 Å². The molecule has 4 nitrogen and oxygen atoms in total. The number of carbonyl (C=O) groups excluding carboxylic acids is 1. The zero-order chi connectivity index (χ0) is 16.1. The maximum absolute atomic E-state index is 13.0. The topological polar surface area (TPSA) is 36.4 Å². The predicted molar refractivity (Wildman–Crippen MR) is 94.8 cm³/mol. The van der Waals surface area contributed by atoms with Crippen molar-refractivity contribution in [3.63, 3.8) is 0 Å². The maximum Gasteiger partial charge on any atom is 0.329 e. The molecule has 0 spiro atoms. The van der Waals surface area contributed by atoms with Crippen molar-refractivity contribution >= 4 is 17.4 Å². The number of rotatable bonds is 3. The summed E-state index contributed by atoms with van der Waals surface area (Å²) in [5.74, 6) is 0.616. The van der Waals surface area contributed by atoms with Crippen molar-refractivity contribution in [2.24, 2.45) is 0 Å². The van der Waals surface area contributed by atoms with E-state index in [9.17, 15) is 4.79 Å². The van der Waals surface area contributed by atoms with E-state index in [2.05, 4.69) is 29.2 Å². The van der Waals surface area contributed by atoms with Gasteiger partial charge in [-0.2, -0.15) is 0 Å². The van der Waals surface area contributed by atoms with Crippen LogP contribution in [-0.2, 0) is 12.8 Å². The Bertz CT molecular complexity index is 812. The summed E-state index contributed by atoms with van der Waals surface area (Å²) in [7, 11) is 0. The average molecular weight is 319 g/mol. The molecule has 0 bridgehead atoms. The van der Waals surface area contributed by atoms with Crippen LogP contribution in [0.5, 0.6) is 0 Å². The molecule has 1 saturated heterocycles. The van der Waals surface area contributed by atoms with E-state index in [-0.39, 0.29) is 6.03 Å². The first-order valence-electron chi connectivity index (χ1n) is 8.96. The molecule has 2 amide bonds. The van der Waals surface area contributed by atoms with E-state index in [1.54, 1.807) is 0 Å². The van der Waals surface area contributed by atoms with Crippen molar-refractivity contribution < 1.29 is 4.79 Å². The molecule has 2 fully saturated rings. The SMILES string of the molecule is O=C1N(c2ccc3c(c2)CCC3)CCN1c1cnccc1C1CC1. The van der Waals surface area contributed by atoms with Crippen molar-refractivity contribution in [2.45, 2.75) is 38.0 Å². The van der Waals surface area contributed by atoms with Gasteiger partial charge in [0.25, 0.3) is 0 Å². The molecule has 5 rings (SSSR count). The van der Waals surface area contributed by atoms with Crippen LogP contribution < -0.4 is 9.80 Å². The van der Waals surface area contributed by atoms with E-state index in [1.165, 1.54) is 42.4 Å². The van der Waals surface area contributed by atoms with Crippen molar-refractivity contribution in [3.8, 4) is 0 Å². The molecule has 2 heterocycles. The molecule has 3 aliphatic rings. The molecule has 0 atom stereocenters. The fourth-order valence-corrected chi connectivity index (χ4v) is 4.09. The average Bonchev–Trinajstić information content (AvgIpc) is 3.23. The highest BCUT2D eigenvalue weighted by Gasteiger charge is 2.35. The fraction of sp³-hybridized carbons (Fsp3) is 0.400. The van der Waals surface area contributed by atoms with E-state index >= 15 is 0 Å². The normalized spacial score (nSPS) is 19.9. The number of urea groups is 1. The van der Waals surface area contributed by atoms with Crippen LogP contribution in [0, 0.1) is 0 Å². The van der Waals surface area contributed by atoms with Gasteiger partial charge in [-0.25, -0.2) is 4.79 Å². The zero-order valence-corrected chi connectivity index (χ0v) is 13.7. The minimum absolute atomic E-state index is 0.0860. The molecule has 1 aromatic heterocycles. The van der Waals surface area contributed by atoms with Crippen molar-refractivity contribution in [2.75, 3.05) is 22.9 Å². The largest absolute Gasteiger partial charge is 0.329 e. The van der Waals surface area contributed by atoms with Crippen LogP contribution in [0.25, 0.3) is 0 Å². The number of carbonyl (C=O) groups is 1. The van der Waals surface area contributed by atoms with Gasteiger partial charge < -0.3 is 0 Å². The van der Waals surface area contributed by atoms with Gasteiger partial charge in [-0.3, -0.25) is 14.8 Å². The fourth-order valence-electron chi connectivity index (χ4n) is 4.09. The van der Waals surface area contributed by atoms with E-state index in [0.717, 1.165) is 30.9 Å². The van der Waals surface area contributed by atoms with Gasteiger partial charge in [0, 0.05) is 25.0 Å². The summed E-state index contributed by atoms with van der Waals surface area (Å²) in [6.45, 7) is 1.48. The Hall–Kier alpha value is -2.36. The predicted octanol–water partition coefficient (Wildman–Crippen LogP) is 3.89. The Balaban J connectivity index is 1.45. The summed E-state index contributed by atoms with van der Waals surface area (Å²) in [6.07, 6.45) is 9.72. The molecule has 122 valence electrons. The quantitative estimate of drug-likeness (QED) is 0.860. The third kappa shape index (κ3) is 2.20. The first-order valence-corrected chi connectivity index (χ1v) is 8.96. The van der Waals surface area contributed by atoms with Crippen LogP contribution in [0.3, 0.4) is 0 Å². The Kier molecular flexibility index (Phi) is 3.12. The third-order valence-corrected chi connectivity index (χ3v) is 5.54. The van der Waals surface area contributed by atoms with Gasteiger partial charge in [-0.05, 0) is 72.9 Å². The van der Waals surface area contributed by atoms with Gasteiger partial charge in [0.05, 0.1) is 11.9 Å². The highest BCUT2D eigenvalue weighted by Crippen LogP contribution is 2.44. The second-order valence-electron chi connectivity index (χ2n) is 7.10. The second kappa shape index (κ2) is 5.33. The molecule has 0 unspecified atom stereocenters. The summed E-state index contributed by atoms with van der Waals surface area (Å²) in [5.41, 5.74) is 6.20. The molecule has 2 aromatic rings. The molecular weight excluding hydrogens is 298 g/mol. The molecule has 0 N–H and O–H groups in total. The van der Waals surface area contributed by atoms with E-state index in [0.29, 0.717) is 5.92 Å². The maximum atomic E-state index is 13.0. The number of anilines is 2. The Labute approximate surface area is 142 Å².